The molecule has 3 aromatic rings. The molecule has 244 valence electrons. The SMILES string of the molecule is CCOC(=O)C(c1cccnc1)C(c1ccc(C(C)(C)OCOCC[Si](C)(C)C)nc1)c1ccc(OC(F)F)c(OC2CC2)c1. The molecular weight excluding hydrogens is 598 g/mol. The first-order valence-corrected chi connectivity index (χ1v) is 19.1. The van der Waals surface area contributed by atoms with E-state index in [1.807, 2.05) is 32.0 Å². The average Bonchev–Trinajstić information content (AvgIpc) is 3.80. The molecule has 0 aliphatic heterocycles. The van der Waals surface area contributed by atoms with Gasteiger partial charge in [0.05, 0.1) is 24.3 Å². The minimum Gasteiger partial charge on any atom is -0.487 e. The smallest absolute Gasteiger partial charge is 0.387 e. The summed E-state index contributed by atoms with van der Waals surface area (Å²) >= 11 is 0. The number of benzene rings is 1. The van der Waals surface area contributed by atoms with Crippen LogP contribution in [0.2, 0.25) is 25.7 Å². The van der Waals surface area contributed by atoms with Gasteiger partial charge in [-0.05, 0) is 80.6 Å². The van der Waals surface area contributed by atoms with Crippen molar-refractivity contribution in [3.05, 3.63) is 83.4 Å². The number of aromatic nitrogens is 2. The third-order valence-corrected chi connectivity index (χ3v) is 9.24. The van der Waals surface area contributed by atoms with Crippen LogP contribution in [-0.4, -0.2) is 56.7 Å². The molecule has 11 heteroatoms. The number of nitrogens with zero attached hydrogens (tertiary/aromatic N) is 2. The van der Waals surface area contributed by atoms with Crippen LogP contribution in [0.5, 0.6) is 11.5 Å². The molecule has 1 aliphatic rings. The molecular formula is C34H44F2N2O6Si. The van der Waals surface area contributed by atoms with E-state index in [0.29, 0.717) is 29.0 Å². The van der Waals surface area contributed by atoms with Crippen molar-refractivity contribution in [3.63, 3.8) is 0 Å². The molecule has 1 fully saturated rings. The van der Waals surface area contributed by atoms with Gasteiger partial charge in [-0.2, -0.15) is 8.78 Å². The molecule has 1 aliphatic carbocycles. The average molecular weight is 643 g/mol. The number of esters is 1. The first-order chi connectivity index (χ1) is 21.4. The second-order valence-corrected chi connectivity index (χ2v) is 18.5. The Bertz CT molecular complexity index is 1380. The third kappa shape index (κ3) is 10.0. The highest BCUT2D eigenvalue weighted by atomic mass is 28.3. The van der Waals surface area contributed by atoms with E-state index < -0.39 is 38.1 Å². The van der Waals surface area contributed by atoms with E-state index in [1.54, 1.807) is 43.7 Å². The lowest BCUT2D eigenvalue weighted by atomic mass is 9.77. The molecule has 0 spiro atoms. The Morgan fingerprint density at radius 3 is 2.38 bits per heavy atom. The molecule has 0 saturated heterocycles. The number of carbonyl (C=O) groups excluding carboxylic acids is 1. The molecule has 0 radical (unpaired) electrons. The van der Waals surface area contributed by atoms with Crippen LogP contribution in [0.4, 0.5) is 8.78 Å². The van der Waals surface area contributed by atoms with Crippen LogP contribution >= 0.6 is 0 Å². The number of pyridine rings is 2. The number of ether oxygens (including phenoxy) is 5. The van der Waals surface area contributed by atoms with Gasteiger partial charge in [-0.15, -0.1) is 0 Å². The zero-order valence-electron chi connectivity index (χ0n) is 26.9. The van der Waals surface area contributed by atoms with Gasteiger partial charge < -0.3 is 23.7 Å². The number of hydrogen-bond acceptors (Lipinski definition) is 8. The maximum atomic E-state index is 13.6. The van der Waals surface area contributed by atoms with Crippen LogP contribution in [0.3, 0.4) is 0 Å². The summed E-state index contributed by atoms with van der Waals surface area (Å²) in [5.41, 5.74) is 1.95. The molecule has 0 amide bonds. The second kappa shape index (κ2) is 15.2. The Morgan fingerprint density at radius 1 is 1.02 bits per heavy atom. The van der Waals surface area contributed by atoms with Gasteiger partial charge >= 0.3 is 12.6 Å². The van der Waals surface area contributed by atoms with E-state index >= 15 is 0 Å². The molecule has 2 unspecified atom stereocenters. The number of hydrogen-bond donors (Lipinski definition) is 0. The van der Waals surface area contributed by atoms with Crippen LogP contribution in [-0.2, 0) is 24.6 Å². The molecule has 0 N–H and O–H groups in total. The second-order valence-electron chi connectivity index (χ2n) is 12.9. The summed E-state index contributed by atoms with van der Waals surface area (Å²) in [6.07, 6.45) is 6.56. The van der Waals surface area contributed by atoms with E-state index in [9.17, 15) is 13.6 Å². The quantitative estimate of drug-likeness (QED) is 0.0642. The fourth-order valence-corrected chi connectivity index (χ4v) is 5.61. The highest BCUT2D eigenvalue weighted by molar-refractivity contribution is 6.76. The monoisotopic (exact) mass is 642 g/mol. The topological polar surface area (TPSA) is 89.0 Å². The van der Waals surface area contributed by atoms with Crippen molar-refractivity contribution in [1.82, 2.24) is 9.97 Å². The molecule has 8 nitrogen and oxygen atoms in total. The third-order valence-electron chi connectivity index (χ3n) is 7.54. The zero-order chi connectivity index (χ0) is 32.6. The summed E-state index contributed by atoms with van der Waals surface area (Å²) in [7, 11) is -1.21. The van der Waals surface area contributed by atoms with Crippen molar-refractivity contribution in [3.8, 4) is 11.5 Å². The number of rotatable bonds is 17. The highest BCUT2D eigenvalue weighted by Gasteiger charge is 2.36. The van der Waals surface area contributed by atoms with Crippen LogP contribution in [0.1, 0.15) is 67.8 Å². The van der Waals surface area contributed by atoms with Crippen molar-refractivity contribution in [1.29, 1.82) is 0 Å². The van der Waals surface area contributed by atoms with E-state index in [4.69, 9.17) is 28.7 Å². The lowest BCUT2D eigenvalue weighted by Crippen LogP contribution is -2.27. The van der Waals surface area contributed by atoms with Gasteiger partial charge in [0.1, 0.15) is 12.4 Å². The molecule has 2 aromatic heterocycles. The van der Waals surface area contributed by atoms with Gasteiger partial charge in [-0.1, -0.05) is 37.8 Å². The van der Waals surface area contributed by atoms with Gasteiger partial charge in [0.2, 0.25) is 0 Å². The first kappa shape index (κ1) is 34.5. The largest absolute Gasteiger partial charge is 0.487 e. The number of halogens is 2. The summed E-state index contributed by atoms with van der Waals surface area (Å²) in [6.45, 7) is 10.5. The lowest BCUT2D eigenvalue weighted by molar-refractivity contribution is -0.145. The van der Waals surface area contributed by atoms with Crippen LogP contribution in [0.25, 0.3) is 0 Å². The van der Waals surface area contributed by atoms with E-state index in [1.165, 1.54) is 6.07 Å². The van der Waals surface area contributed by atoms with Crippen molar-refractivity contribution in [2.24, 2.45) is 0 Å². The Hall–Kier alpha value is -3.41. The maximum absolute atomic E-state index is 13.6. The van der Waals surface area contributed by atoms with Crippen LogP contribution < -0.4 is 9.47 Å². The molecule has 2 atom stereocenters. The van der Waals surface area contributed by atoms with Crippen molar-refractivity contribution in [2.45, 2.75) is 89.5 Å². The lowest BCUT2D eigenvalue weighted by Gasteiger charge is -2.29. The highest BCUT2D eigenvalue weighted by Crippen LogP contribution is 2.44. The number of alkyl halides is 2. The van der Waals surface area contributed by atoms with Crippen LogP contribution in [0, 0.1) is 0 Å². The van der Waals surface area contributed by atoms with Gasteiger partial charge in [0.25, 0.3) is 0 Å². The Labute approximate surface area is 265 Å². The fraction of sp³-hybridized carbons (Fsp3) is 0.500. The van der Waals surface area contributed by atoms with Crippen molar-refractivity contribution >= 4 is 14.0 Å². The standard InChI is InChI=1S/C34H44F2N2O6Si/c1-7-41-32(39)31(24-9-8-16-37-20-24)30(23-10-14-27(44-33(35)36)28(19-23)43-26-12-13-26)25-11-15-29(38-21-25)34(2,3)42-22-40-17-18-45(4,5)6/h8-11,14-16,19-21,26,30-31,33H,7,12-13,17-18,22H2,1-6H3. The van der Waals surface area contributed by atoms with Crippen LogP contribution in [0.15, 0.2) is 61.1 Å². The van der Waals surface area contributed by atoms with Gasteiger partial charge in [-0.3, -0.25) is 14.8 Å². The van der Waals surface area contributed by atoms with Gasteiger partial charge in [-0.25, -0.2) is 0 Å². The summed E-state index contributed by atoms with van der Waals surface area (Å²) in [5.74, 6) is -1.75. The Kier molecular flexibility index (Phi) is 11.7. The summed E-state index contributed by atoms with van der Waals surface area (Å²) in [6, 6.07) is 13.2. The summed E-state index contributed by atoms with van der Waals surface area (Å²) in [5, 5.41) is 0. The zero-order valence-corrected chi connectivity index (χ0v) is 27.9. The minimum atomic E-state index is -3.01. The van der Waals surface area contributed by atoms with E-state index in [0.717, 1.165) is 18.9 Å². The van der Waals surface area contributed by atoms with Gasteiger partial charge in [0.15, 0.2) is 11.5 Å². The molecule has 4 rings (SSSR count). The molecule has 0 bridgehead atoms. The van der Waals surface area contributed by atoms with E-state index in [-0.39, 0.29) is 31.0 Å². The predicted octanol–water partition coefficient (Wildman–Crippen LogP) is 7.66. The molecule has 45 heavy (non-hydrogen) atoms. The number of carbonyl (C=O) groups is 1. The molecule has 1 aromatic carbocycles. The van der Waals surface area contributed by atoms with Crippen molar-refractivity contribution in [2.75, 3.05) is 20.0 Å². The van der Waals surface area contributed by atoms with Gasteiger partial charge in [0, 0.05) is 39.2 Å². The van der Waals surface area contributed by atoms with E-state index in [2.05, 4.69) is 24.6 Å². The van der Waals surface area contributed by atoms with Crippen molar-refractivity contribution < 1.29 is 37.3 Å². The maximum Gasteiger partial charge on any atom is 0.387 e. The predicted molar refractivity (Wildman–Crippen MR) is 169 cm³/mol. The summed E-state index contributed by atoms with van der Waals surface area (Å²) in [4.78, 5) is 22.6. The molecule has 2 heterocycles. The minimum absolute atomic E-state index is 0.0621. The first-order valence-electron chi connectivity index (χ1n) is 15.4. The normalized spacial score (nSPS) is 15.0. The molecule has 1 saturated carbocycles. The Morgan fingerprint density at radius 2 is 1.78 bits per heavy atom. The Balaban J connectivity index is 1.70. The fourth-order valence-electron chi connectivity index (χ4n) is 4.85. The summed E-state index contributed by atoms with van der Waals surface area (Å²) < 4.78 is 54.6.